The zero-order chi connectivity index (χ0) is 15.8. The monoisotopic (exact) mass is 319 g/mol. The van der Waals surface area contributed by atoms with E-state index in [0.717, 1.165) is 12.1 Å². The molecule has 0 amide bonds. The van der Waals surface area contributed by atoms with Crippen molar-refractivity contribution in [3.05, 3.63) is 35.4 Å². The molecule has 118 valence electrons. The first-order valence-electron chi connectivity index (χ1n) is 6.77. The van der Waals surface area contributed by atoms with Gasteiger partial charge < -0.3 is 5.11 Å². The standard InChI is InChI=1S/C14H19F2NO3S/c1-14(2,18)13-4-3-7-17(13)21(19,20)9-10-5-6-11(15)8-12(10)16/h5-6,8,13,18H,3-4,7,9H2,1-2H3. The van der Waals surface area contributed by atoms with Crippen molar-refractivity contribution in [2.45, 2.75) is 44.1 Å². The van der Waals surface area contributed by atoms with Gasteiger partial charge in [-0.3, -0.25) is 0 Å². The fourth-order valence-corrected chi connectivity index (χ4v) is 4.65. The lowest BCUT2D eigenvalue weighted by molar-refractivity contribution is 0.0214. The number of sulfonamides is 1. The first-order chi connectivity index (χ1) is 9.61. The van der Waals surface area contributed by atoms with Crippen LogP contribution >= 0.6 is 0 Å². The van der Waals surface area contributed by atoms with Crippen molar-refractivity contribution in [3.63, 3.8) is 0 Å². The van der Waals surface area contributed by atoms with Gasteiger partial charge >= 0.3 is 0 Å². The molecule has 21 heavy (non-hydrogen) atoms. The van der Waals surface area contributed by atoms with Gasteiger partial charge in [0, 0.05) is 18.2 Å². The molecule has 1 N–H and O–H groups in total. The van der Waals surface area contributed by atoms with Crippen molar-refractivity contribution < 1.29 is 22.3 Å². The molecular weight excluding hydrogens is 300 g/mol. The van der Waals surface area contributed by atoms with E-state index >= 15 is 0 Å². The molecule has 1 fully saturated rings. The summed E-state index contributed by atoms with van der Waals surface area (Å²) in [6.07, 6.45) is 1.22. The van der Waals surface area contributed by atoms with Gasteiger partial charge in [-0.1, -0.05) is 6.07 Å². The zero-order valence-corrected chi connectivity index (χ0v) is 12.8. The van der Waals surface area contributed by atoms with Crippen LogP contribution in [0.1, 0.15) is 32.3 Å². The van der Waals surface area contributed by atoms with Gasteiger partial charge in [-0.2, -0.15) is 4.31 Å². The maximum Gasteiger partial charge on any atom is 0.218 e. The molecule has 0 radical (unpaired) electrons. The predicted octanol–water partition coefficient (Wildman–Crippen LogP) is 2.03. The first-order valence-corrected chi connectivity index (χ1v) is 8.38. The van der Waals surface area contributed by atoms with Crippen molar-refractivity contribution in [1.82, 2.24) is 4.31 Å². The molecule has 2 rings (SSSR count). The normalized spacial score (nSPS) is 20.9. The van der Waals surface area contributed by atoms with E-state index in [1.165, 1.54) is 4.31 Å². The second kappa shape index (κ2) is 5.62. The number of nitrogens with zero attached hydrogens (tertiary/aromatic N) is 1. The maximum absolute atomic E-state index is 13.6. The highest BCUT2D eigenvalue weighted by Gasteiger charge is 2.42. The summed E-state index contributed by atoms with van der Waals surface area (Å²) < 4.78 is 52.6. The second-order valence-corrected chi connectivity index (χ2v) is 7.84. The number of hydrogen-bond acceptors (Lipinski definition) is 3. The predicted molar refractivity (Wildman–Crippen MR) is 75.0 cm³/mol. The zero-order valence-electron chi connectivity index (χ0n) is 12.0. The van der Waals surface area contributed by atoms with Crippen molar-refractivity contribution in [2.75, 3.05) is 6.54 Å². The fourth-order valence-electron chi connectivity index (χ4n) is 2.70. The van der Waals surface area contributed by atoms with Gasteiger partial charge in [0.1, 0.15) is 11.6 Å². The van der Waals surface area contributed by atoms with Crippen LogP contribution in [0.5, 0.6) is 0 Å². The summed E-state index contributed by atoms with van der Waals surface area (Å²) in [4.78, 5) is 0. The van der Waals surface area contributed by atoms with Gasteiger partial charge in [-0.05, 0) is 32.8 Å². The summed E-state index contributed by atoms with van der Waals surface area (Å²) in [5, 5.41) is 10.1. The summed E-state index contributed by atoms with van der Waals surface area (Å²) >= 11 is 0. The Kier molecular flexibility index (Phi) is 4.37. The van der Waals surface area contributed by atoms with Gasteiger partial charge in [-0.25, -0.2) is 17.2 Å². The Balaban J connectivity index is 2.26. The highest BCUT2D eigenvalue weighted by atomic mass is 32.2. The van der Waals surface area contributed by atoms with Crippen molar-refractivity contribution in [1.29, 1.82) is 0 Å². The van der Waals surface area contributed by atoms with E-state index in [1.807, 2.05) is 0 Å². The molecule has 0 aromatic heterocycles. The quantitative estimate of drug-likeness (QED) is 0.924. The van der Waals surface area contributed by atoms with Crippen LogP contribution in [0, 0.1) is 11.6 Å². The molecule has 1 unspecified atom stereocenters. The third-order valence-corrected chi connectivity index (χ3v) is 5.56. The molecule has 1 saturated heterocycles. The molecule has 1 aromatic rings. The van der Waals surface area contributed by atoms with Crippen molar-refractivity contribution >= 4 is 10.0 Å². The van der Waals surface area contributed by atoms with Crippen molar-refractivity contribution in [3.8, 4) is 0 Å². The van der Waals surface area contributed by atoms with E-state index < -0.39 is 39.1 Å². The van der Waals surface area contributed by atoms with E-state index in [4.69, 9.17) is 0 Å². The van der Waals surface area contributed by atoms with E-state index in [2.05, 4.69) is 0 Å². The minimum absolute atomic E-state index is 0.0715. The topological polar surface area (TPSA) is 57.6 Å². The number of hydrogen-bond donors (Lipinski definition) is 1. The summed E-state index contributed by atoms with van der Waals surface area (Å²) in [6.45, 7) is 3.42. The molecule has 0 bridgehead atoms. The molecular formula is C14H19F2NO3S. The first kappa shape index (κ1) is 16.3. The van der Waals surface area contributed by atoms with Crippen LogP contribution in [0.4, 0.5) is 8.78 Å². The molecule has 1 aromatic carbocycles. The van der Waals surface area contributed by atoms with E-state index in [9.17, 15) is 22.3 Å². The van der Waals surface area contributed by atoms with Crippen LogP contribution in [0.2, 0.25) is 0 Å². The van der Waals surface area contributed by atoms with Crippen LogP contribution in [0.25, 0.3) is 0 Å². The van der Waals surface area contributed by atoms with Gasteiger partial charge in [-0.15, -0.1) is 0 Å². The lowest BCUT2D eigenvalue weighted by Crippen LogP contribution is -2.48. The molecule has 1 aliphatic heterocycles. The fraction of sp³-hybridized carbons (Fsp3) is 0.571. The van der Waals surface area contributed by atoms with Crippen LogP contribution in [-0.2, 0) is 15.8 Å². The van der Waals surface area contributed by atoms with Crippen molar-refractivity contribution in [2.24, 2.45) is 0 Å². The Hall–Kier alpha value is -1.05. The van der Waals surface area contributed by atoms with Crippen LogP contribution in [0.3, 0.4) is 0 Å². The summed E-state index contributed by atoms with van der Waals surface area (Å²) in [5.41, 5.74) is -1.23. The molecule has 1 aliphatic rings. The highest BCUT2D eigenvalue weighted by Crippen LogP contribution is 2.30. The largest absolute Gasteiger partial charge is 0.389 e. The minimum atomic E-state index is -3.77. The maximum atomic E-state index is 13.6. The van der Waals surface area contributed by atoms with Crippen LogP contribution in [0.15, 0.2) is 18.2 Å². The Morgan fingerprint density at radius 1 is 1.38 bits per heavy atom. The smallest absolute Gasteiger partial charge is 0.218 e. The van der Waals surface area contributed by atoms with Gasteiger partial charge in [0.05, 0.1) is 17.4 Å². The van der Waals surface area contributed by atoms with Crippen LogP contribution in [-0.4, -0.2) is 36.0 Å². The molecule has 0 aliphatic carbocycles. The Bertz CT molecular complexity index is 626. The van der Waals surface area contributed by atoms with Gasteiger partial charge in [0.15, 0.2) is 0 Å². The summed E-state index contributed by atoms with van der Waals surface area (Å²) in [6, 6.07) is 2.32. The van der Waals surface area contributed by atoms with E-state index in [1.54, 1.807) is 13.8 Å². The molecule has 0 saturated carbocycles. The highest BCUT2D eigenvalue weighted by molar-refractivity contribution is 7.88. The number of rotatable bonds is 4. The number of halogens is 2. The average Bonchev–Trinajstić information content (AvgIpc) is 2.82. The Morgan fingerprint density at radius 2 is 2.05 bits per heavy atom. The lowest BCUT2D eigenvalue weighted by Gasteiger charge is -2.33. The van der Waals surface area contributed by atoms with E-state index in [0.29, 0.717) is 25.5 Å². The molecule has 1 heterocycles. The molecule has 1 atom stereocenters. The SMILES string of the molecule is CC(C)(O)C1CCCN1S(=O)(=O)Cc1ccc(F)cc1F. The number of benzene rings is 1. The number of aliphatic hydroxyl groups is 1. The van der Waals surface area contributed by atoms with Crippen LogP contribution < -0.4 is 0 Å². The minimum Gasteiger partial charge on any atom is -0.389 e. The molecule has 7 heteroatoms. The Labute approximate surface area is 123 Å². The van der Waals surface area contributed by atoms with E-state index in [-0.39, 0.29) is 5.56 Å². The van der Waals surface area contributed by atoms with Gasteiger partial charge in [0.2, 0.25) is 10.0 Å². The lowest BCUT2D eigenvalue weighted by atomic mass is 9.98. The molecule has 4 nitrogen and oxygen atoms in total. The second-order valence-electron chi connectivity index (χ2n) is 5.91. The third-order valence-electron chi connectivity index (χ3n) is 3.73. The van der Waals surface area contributed by atoms with Gasteiger partial charge in [0.25, 0.3) is 0 Å². The summed E-state index contributed by atoms with van der Waals surface area (Å²) in [7, 11) is -3.77. The Morgan fingerprint density at radius 3 is 2.62 bits per heavy atom. The summed E-state index contributed by atoms with van der Waals surface area (Å²) in [5.74, 6) is -2.16. The average molecular weight is 319 g/mol. The third kappa shape index (κ3) is 3.59. The molecule has 0 spiro atoms.